The van der Waals surface area contributed by atoms with Crippen molar-refractivity contribution in [2.24, 2.45) is 0 Å². The minimum atomic E-state index is -4.75. The summed E-state index contributed by atoms with van der Waals surface area (Å²) in [6, 6.07) is 3.73. The zero-order valence-electron chi connectivity index (χ0n) is 9.05. The molecule has 0 bridgehead atoms. The molecule has 3 nitrogen and oxygen atoms in total. The van der Waals surface area contributed by atoms with E-state index in [-0.39, 0.29) is 16.0 Å². The molecule has 0 saturated heterocycles. The predicted octanol–water partition coefficient (Wildman–Crippen LogP) is 3.91. The van der Waals surface area contributed by atoms with Gasteiger partial charge in [-0.2, -0.15) is 0 Å². The Morgan fingerprint density at radius 1 is 1.33 bits per heavy atom. The molecule has 0 aliphatic rings. The monoisotopic (exact) mass is 321 g/mol. The van der Waals surface area contributed by atoms with Crippen LogP contribution in [0.15, 0.2) is 22.7 Å². The third-order valence-corrected chi connectivity index (χ3v) is 3.08. The number of benzene rings is 1. The van der Waals surface area contributed by atoms with E-state index in [2.05, 4.69) is 25.7 Å². The first kappa shape index (κ1) is 12.9. The molecular weight excluding hydrogens is 315 g/mol. The highest BCUT2D eigenvalue weighted by molar-refractivity contribution is 9.10. The molecule has 0 aliphatic heterocycles. The second-order valence-corrected chi connectivity index (χ2v) is 4.38. The molecule has 96 valence electrons. The quantitative estimate of drug-likeness (QED) is 0.865. The average Bonchev–Trinajstić information content (AvgIpc) is 2.25. The van der Waals surface area contributed by atoms with Crippen molar-refractivity contribution in [2.75, 3.05) is 0 Å². The molecule has 1 N–H and O–H groups in total. The Balaban J connectivity index is 2.58. The minimum absolute atomic E-state index is 0.105. The Labute approximate surface area is 108 Å². The van der Waals surface area contributed by atoms with Gasteiger partial charge in [-0.05, 0) is 41.1 Å². The van der Waals surface area contributed by atoms with Crippen LogP contribution in [0.2, 0.25) is 0 Å². The molecule has 7 heteroatoms. The maximum Gasteiger partial charge on any atom is 0.573 e. The van der Waals surface area contributed by atoms with E-state index in [9.17, 15) is 18.3 Å². The summed E-state index contributed by atoms with van der Waals surface area (Å²) in [5.41, 5.74) is 0.852. The number of rotatable bonds is 1. The molecule has 0 spiro atoms. The SMILES string of the molecule is Cc1nc2ccc(OC(F)(F)F)cc2c(Br)c1O. The van der Waals surface area contributed by atoms with Crippen molar-refractivity contribution < 1.29 is 23.0 Å². The number of aromatic hydroxyl groups is 1. The summed E-state index contributed by atoms with van der Waals surface area (Å²) < 4.78 is 40.4. The molecule has 1 heterocycles. The summed E-state index contributed by atoms with van der Waals surface area (Å²) >= 11 is 3.12. The van der Waals surface area contributed by atoms with Crippen LogP contribution in [0.4, 0.5) is 13.2 Å². The Bertz CT molecular complexity index is 613. The Hall–Kier alpha value is -1.50. The van der Waals surface area contributed by atoms with Gasteiger partial charge in [-0.1, -0.05) is 0 Å². The maximum absolute atomic E-state index is 12.1. The number of hydrogen-bond donors (Lipinski definition) is 1. The van der Waals surface area contributed by atoms with E-state index >= 15 is 0 Å². The summed E-state index contributed by atoms with van der Waals surface area (Å²) in [5.74, 6) is -0.465. The van der Waals surface area contributed by atoms with Gasteiger partial charge in [0.1, 0.15) is 5.75 Å². The fourth-order valence-electron chi connectivity index (χ4n) is 1.51. The molecule has 0 atom stereocenters. The van der Waals surface area contributed by atoms with E-state index in [0.717, 1.165) is 0 Å². The molecule has 2 rings (SSSR count). The van der Waals surface area contributed by atoms with Gasteiger partial charge in [0.05, 0.1) is 15.7 Å². The first-order valence-electron chi connectivity index (χ1n) is 4.82. The molecule has 0 saturated carbocycles. The molecule has 18 heavy (non-hydrogen) atoms. The first-order valence-corrected chi connectivity index (χ1v) is 5.62. The lowest BCUT2D eigenvalue weighted by Gasteiger charge is -2.11. The summed E-state index contributed by atoms with van der Waals surface area (Å²) in [7, 11) is 0. The van der Waals surface area contributed by atoms with E-state index in [1.54, 1.807) is 6.92 Å². The summed E-state index contributed by atoms with van der Waals surface area (Å²) in [5, 5.41) is 10.0. The summed E-state index contributed by atoms with van der Waals surface area (Å²) in [6.45, 7) is 1.60. The first-order chi connectivity index (χ1) is 8.28. The average molecular weight is 322 g/mol. The predicted molar refractivity (Wildman–Crippen MR) is 62.5 cm³/mol. The smallest absolute Gasteiger partial charge is 0.505 e. The maximum atomic E-state index is 12.1. The highest BCUT2D eigenvalue weighted by atomic mass is 79.9. The summed E-state index contributed by atoms with van der Waals surface area (Å²) in [4.78, 5) is 4.06. The van der Waals surface area contributed by atoms with Crippen molar-refractivity contribution >= 4 is 26.8 Å². The van der Waals surface area contributed by atoms with Crippen LogP contribution in [0.25, 0.3) is 10.9 Å². The molecule has 2 aromatic rings. The number of fused-ring (bicyclic) bond motifs is 1. The molecule has 0 aliphatic carbocycles. The van der Waals surface area contributed by atoms with Crippen molar-refractivity contribution in [1.29, 1.82) is 0 Å². The number of ether oxygens (including phenoxy) is 1. The van der Waals surface area contributed by atoms with Crippen molar-refractivity contribution in [3.05, 3.63) is 28.4 Å². The van der Waals surface area contributed by atoms with Crippen LogP contribution < -0.4 is 4.74 Å². The van der Waals surface area contributed by atoms with E-state index in [1.807, 2.05) is 0 Å². The number of alkyl halides is 3. The Kier molecular flexibility index (Phi) is 3.10. The number of halogens is 4. The Morgan fingerprint density at radius 3 is 2.61 bits per heavy atom. The van der Waals surface area contributed by atoms with Crippen LogP contribution >= 0.6 is 15.9 Å². The van der Waals surface area contributed by atoms with E-state index in [4.69, 9.17) is 0 Å². The van der Waals surface area contributed by atoms with Gasteiger partial charge in [0.25, 0.3) is 0 Å². The molecule has 1 aromatic carbocycles. The highest BCUT2D eigenvalue weighted by Gasteiger charge is 2.31. The van der Waals surface area contributed by atoms with Crippen molar-refractivity contribution in [1.82, 2.24) is 4.98 Å². The molecule has 0 radical (unpaired) electrons. The lowest BCUT2D eigenvalue weighted by atomic mass is 10.2. The van der Waals surface area contributed by atoms with Crippen LogP contribution in [0.5, 0.6) is 11.5 Å². The van der Waals surface area contributed by atoms with Crippen LogP contribution in [-0.2, 0) is 0 Å². The zero-order valence-corrected chi connectivity index (χ0v) is 10.6. The van der Waals surface area contributed by atoms with Gasteiger partial charge >= 0.3 is 6.36 Å². The van der Waals surface area contributed by atoms with Gasteiger partial charge in [0, 0.05) is 5.39 Å². The van der Waals surface area contributed by atoms with Gasteiger partial charge in [-0.15, -0.1) is 13.2 Å². The number of aromatic nitrogens is 1. The largest absolute Gasteiger partial charge is 0.573 e. The fourth-order valence-corrected chi connectivity index (χ4v) is 2.11. The fraction of sp³-hybridized carbons (Fsp3) is 0.182. The number of hydrogen-bond acceptors (Lipinski definition) is 3. The van der Waals surface area contributed by atoms with Crippen LogP contribution in [-0.4, -0.2) is 16.5 Å². The molecule has 0 fully saturated rings. The highest BCUT2D eigenvalue weighted by Crippen LogP contribution is 2.36. The third-order valence-electron chi connectivity index (χ3n) is 2.28. The second-order valence-electron chi connectivity index (χ2n) is 3.59. The van der Waals surface area contributed by atoms with Crippen LogP contribution in [0.3, 0.4) is 0 Å². The van der Waals surface area contributed by atoms with Crippen molar-refractivity contribution in [3.63, 3.8) is 0 Å². The van der Waals surface area contributed by atoms with Crippen molar-refractivity contribution in [2.45, 2.75) is 13.3 Å². The number of aryl methyl sites for hydroxylation is 1. The van der Waals surface area contributed by atoms with E-state index < -0.39 is 6.36 Å². The van der Waals surface area contributed by atoms with Crippen molar-refractivity contribution in [3.8, 4) is 11.5 Å². The number of nitrogens with zero attached hydrogens (tertiary/aromatic N) is 1. The van der Waals surface area contributed by atoms with Gasteiger partial charge in [0.15, 0.2) is 5.75 Å². The zero-order chi connectivity index (χ0) is 13.5. The third kappa shape index (κ3) is 2.50. The second kappa shape index (κ2) is 4.31. The lowest BCUT2D eigenvalue weighted by molar-refractivity contribution is -0.274. The lowest BCUT2D eigenvalue weighted by Crippen LogP contribution is -2.17. The Morgan fingerprint density at radius 2 is 2.00 bits per heavy atom. The molecule has 0 amide bonds. The summed E-state index contributed by atoms with van der Waals surface area (Å²) in [6.07, 6.45) is -4.75. The molecule has 1 aromatic heterocycles. The van der Waals surface area contributed by atoms with Gasteiger partial charge in [0.2, 0.25) is 0 Å². The topological polar surface area (TPSA) is 42.4 Å². The normalized spacial score (nSPS) is 11.8. The standard InChI is InChI=1S/C11H7BrF3NO2/c1-5-10(17)9(12)7-4-6(18-11(13,14)15)2-3-8(7)16-5/h2-4,17H,1H3. The number of pyridine rings is 1. The van der Waals surface area contributed by atoms with Gasteiger partial charge in [-0.3, -0.25) is 0 Å². The molecule has 0 unspecified atom stereocenters. The minimum Gasteiger partial charge on any atom is -0.505 e. The van der Waals surface area contributed by atoms with Gasteiger partial charge < -0.3 is 9.84 Å². The van der Waals surface area contributed by atoms with E-state index in [0.29, 0.717) is 16.6 Å². The van der Waals surface area contributed by atoms with Crippen LogP contribution in [0.1, 0.15) is 5.69 Å². The van der Waals surface area contributed by atoms with Crippen LogP contribution in [0, 0.1) is 6.92 Å². The van der Waals surface area contributed by atoms with E-state index in [1.165, 1.54) is 18.2 Å². The molecular formula is C11H7BrF3NO2. The van der Waals surface area contributed by atoms with Gasteiger partial charge in [-0.25, -0.2) is 4.98 Å².